The van der Waals surface area contributed by atoms with E-state index in [2.05, 4.69) is 38.3 Å². The van der Waals surface area contributed by atoms with Crippen LogP contribution in [0.25, 0.3) is 0 Å². The number of nitrogens with one attached hydrogen (secondary N) is 1. The number of carbonyl (C=O) groups excluding carboxylic acids is 1. The van der Waals surface area contributed by atoms with Gasteiger partial charge in [0, 0.05) is 30.7 Å². The maximum absolute atomic E-state index is 12.4. The maximum atomic E-state index is 12.4. The number of amides is 1. The van der Waals surface area contributed by atoms with Crippen molar-refractivity contribution in [1.29, 1.82) is 0 Å². The van der Waals surface area contributed by atoms with Gasteiger partial charge in [-0.05, 0) is 57.5 Å². The van der Waals surface area contributed by atoms with Crippen LogP contribution in [0.3, 0.4) is 0 Å². The smallest absolute Gasteiger partial charge is 0.270 e. The van der Waals surface area contributed by atoms with Crippen molar-refractivity contribution in [2.45, 2.75) is 26.3 Å². The number of hydrogen-bond acceptors (Lipinski definition) is 5. The number of hydrogen-bond donors (Lipinski definition) is 1. The zero-order chi connectivity index (χ0) is 17.1. The minimum Gasteiger partial charge on any atom is -0.350 e. The van der Waals surface area contributed by atoms with Gasteiger partial charge in [-0.2, -0.15) is 0 Å². The normalized spacial score (nSPS) is 21.0. The molecule has 0 unspecified atom stereocenters. The standard InChI is InChI=1S/C18H23N5O/c1-12-9-16(22-13(2)21-12)18(24)20-11-15-6-8-23(3)17(15)14-5-4-7-19-10-14/h4-5,7,9-10,15,17H,6,8,11H2,1-3H3,(H,20,24)/t15-,17-/m0/s1. The van der Waals surface area contributed by atoms with E-state index in [1.165, 1.54) is 5.56 Å². The molecule has 2 aromatic heterocycles. The van der Waals surface area contributed by atoms with Crippen molar-refractivity contribution in [3.8, 4) is 0 Å². The molecule has 0 saturated carbocycles. The molecule has 3 heterocycles. The lowest BCUT2D eigenvalue weighted by atomic mass is 9.95. The van der Waals surface area contributed by atoms with Crippen LogP contribution in [0.5, 0.6) is 0 Å². The van der Waals surface area contributed by atoms with Gasteiger partial charge >= 0.3 is 0 Å². The second-order valence-electron chi connectivity index (χ2n) is 6.41. The van der Waals surface area contributed by atoms with Gasteiger partial charge in [0.2, 0.25) is 0 Å². The first-order chi connectivity index (χ1) is 11.5. The Balaban J connectivity index is 1.68. The van der Waals surface area contributed by atoms with Gasteiger partial charge < -0.3 is 5.32 Å². The van der Waals surface area contributed by atoms with E-state index in [9.17, 15) is 4.79 Å². The fraction of sp³-hybridized carbons (Fsp3) is 0.444. The molecule has 6 nitrogen and oxygen atoms in total. The van der Waals surface area contributed by atoms with Crippen LogP contribution < -0.4 is 5.32 Å². The molecule has 6 heteroatoms. The molecule has 1 fully saturated rings. The maximum Gasteiger partial charge on any atom is 0.270 e. The molecule has 2 aromatic rings. The summed E-state index contributed by atoms with van der Waals surface area (Å²) in [6.45, 7) is 5.32. The first-order valence-corrected chi connectivity index (χ1v) is 8.25. The average Bonchev–Trinajstić information content (AvgIpc) is 2.93. The third kappa shape index (κ3) is 3.59. The second kappa shape index (κ2) is 7.05. The van der Waals surface area contributed by atoms with Gasteiger partial charge in [0.05, 0.1) is 0 Å². The Morgan fingerprint density at radius 2 is 2.21 bits per heavy atom. The van der Waals surface area contributed by atoms with Crippen LogP contribution in [-0.4, -0.2) is 45.9 Å². The van der Waals surface area contributed by atoms with Gasteiger partial charge in [-0.15, -0.1) is 0 Å². The molecule has 1 N–H and O–H groups in total. The number of likely N-dealkylation sites (tertiary alicyclic amines) is 1. The molecule has 1 aliphatic rings. The summed E-state index contributed by atoms with van der Waals surface area (Å²) in [6, 6.07) is 6.07. The van der Waals surface area contributed by atoms with Crippen molar-refractivity contribution in [3.05, 3.63) is 53.4 Å². The first kappa shape index (κ1) is 16.5. The number of nitrogens with zero attached hydrogens (tertiary/aromatic N) is 4. The van der Waals surface area contributed by atoms with Crippen molar-refractivity contribution >= 4 is 5.91 Å². The molecule has 0 spiro atoms. The van der Waals surface area contributed by atoms with E-state index in [0.29, 0.717) is 24.0 Å². The molecular weight excluding hydrogens is 302 g/mol. The molecule has 0 aliphatic carbocycles. The van der Waals surface area contributed by atoms with Crippen LogP contribution in [0, 0.1) is 19.8 Å². The zero-order valence-electron chi connectivity index (χ0n) is 14.4. The lowest BCUT2D eigenvalue weighted by molar-refractivity contribution is 0.0938. The van der Waals surface area contributed by atoms with Crippen molar-refractivity contribution in [3.63, 3.8) is 0 Å². The van der Waals surface area contributed by atoms with E-state index in [0.717, 1.165) is 18.7 Å². The predicted octanol–water partition coefficient (Wildman–Crippen LogP) is 1.91. The van der Waals surface area contributed by atoms with Gasteiger partial charge in [0.25, 0.3) is 5.91 Å². The van der Waals surface area contributed by atoms with Crippen LogP contribution in [0.2, 0.25) is 0 Å². The number of carbonyl (C=O) groups is 1. The summed E-state index contributed by atoms with van der Waals surface area (Å²) in [5, 5.41) is 3.04. The minimum atomic E-state index is -0.136. The molecule has 1 amide bonds. The summed E-state index contributed by atoms with van der Waals surface area (Å²) in [4.78, 5) is 27.4. The SMILES string of the molecule is Cc1cc(C(=O)NC[C@@H]2CCN(C)[C@H]2c2cccnc2)nc(C)n1. The van der Waals surface area contributed by atoms with Crippen molar-refractivity contribution in [2.75, 3.05) is 20.1 Å². The largest absolute Gasteiger partial charge is 0.350 e. The highest BCUT2D eigenvalue weighted by Gasteiger charge is 2.33. The highest BCUT2D eigenvalue weighted by Crippen LogP contribution is 2.35. The molecular formula is C18H23N5O. The number of rotatable bonds is 4. The van der Waals surface area contributed by atoms with Gasteiger partial charge in [-0.25, -0.2) is 9.97 Å². The summed E-state index contributed by atoms with van der Waals surface area (Å²) in [5.74, 6) is 0.851. The lowest BCUT2D eigenvalue weighted by Crippen LogP contribution is -2.33. The van der Waals surface area contributed by atoms with E-state index in [1.54, 1.807) is 19.2 Å². The highest BCUT2D eigenvalue weighted by atomic mass is 16.1. The van der Waals surface area contributed by atoms with Crippen LogP contribution in [-0.2, 0) is 0 Å². The Labute approximate surface area is 142 Å². The summed E-state index contributed by atoms with van der Waals surface area (Å²) in [6.07, 6.45) is 4.76. The third-order valence-corrected chi connectivity index (χ3v) is 4.52. The second-order valence-corrected chi connectivity index (χ2v) is 6.41. The molecule has 0 radical (unpaired) electrons. The Bertz CT molecular complexity index is 698. The Hall–Kier alpha value is -2.34. The molecule has 0 aromatic carbocycles. The highest BCUT2D eigenvalue weighted by molar-refractivity contribution is 5.92. The number of aromatic nitrogens is 3. The van der Waals surface area contributed by atoms with E-state index in [1.807, 2.05) is 19.2 Å². The molecule has 3 rings (SSSR count). The minimum absolute atomic E-state index is 0.136. The molecule has 2 atom stereocenters. The summed E-state index contributed by atoms with van der Waals surface area (Å²) in [7, 11) is 2.12. The molecule has 0 bridgehead atoms. The van der Waals surface area contributed by atoms with Gasteiger partial charge in [-0.3, -0.25) is 14.7 Å². The quantitative estimate of drug-likeness (QED) is 0.930. The summed E-state index contributed by atoms with van der Waals surface area (Å²) in [5.41, 5.74) is 2.44. The van der Waals surface area contributed by atoms with Crippen molar-refractivity contribution < 1.29 is 4.79 Å². The molecule has 126 valence electrons. The van der Waals surface area contributed by atoms with Gasteiger partial charge in [0.1, 0.15) is 11.5 Å². The van der Waals surface area contributed by atoms with Crippen molar-refractivity contribution in [1.82, 2.24) is 25.2 Å². The average molecular weight is 325 g/mol. The Morgan fingerprint density at radius 1 is 1.38 bits per heavy atom. The fourth-order valence-electron chi connectivity index (χ4n) is 3.47. The monoisotopic (exact) mass is 325 g/mol. The van der Waals surface area contributed by atoms with Crippen LogP contribution in [0.1, 0.15) is 40.0 Å². The topological polar surface area (TPSA) is 71.0 Å². The van der Waals surface area contributed by atoms with E-state index >= 15 is 0 Å². The number of aryl methyl sites for hydroxylation is 2. The van der Waals surface area contributed by atoms with E-state index in [4.69, 9.17) is 0 Å². The third-order valence-electron chi connectivity index (χ3n) is 4.52. The number of pyridine rings is 1. The van der Waals surface area contributed by atoms with Crippen molar-refractivity contribution in [2.24, 2.45) is 5.92 Å². The molecule has 1 aliphatic heterocycles. The van der Waals surface area contributed by atoms with E-state index in [-0.39, 0.29) is 11.9 Å². The molecule has 1 saturated heterocycles. The first-order valence-electron chi connectivity index (χ1n) is 8.25. The fourth-order valence-corrected chi connectivity index (χ4v) is 3.47. The zero-order valence-corrected chi connectivity index (χ0v) is 14.4. The van der Waals surface area contributed by atoms with Crippen LogP contribution in [0.4, 0.5) is 0 Å². The lowest BCUT2D eigenvalue weighted by Gasteiger charge is -2.25. The van der Waals surface area contributed by atoms with Gasteiger partial charge in [0.15, 0.2) is 0 Å². The molecule has 24 heavy (non-hydrogen) atoms. The van der Waals surface area contributed by atoms with Crippen LogP contribution >= 0.6 is 0 Å². The summed E-state index contributed by atoms with van der Waals surface area (Å²) < 4.78 is 0. The van der Waals surface area contributed by atoms with Gasteiger partial charge in [-0.1, -0.05) is 6.07 Å². The Kier molecular flexibility index (Phi) is 4.85. The summed E-state index contributed by atoms with van der Waals surface area (Å²) >= 11 is 0. The van der Waals surface area contributed by atoms with E-state index < -0.39 is 0 Å². The van der Waals surface area contributed by atoms with Crippen LogP contribution in [0.15, 0.2) is 30.6 Å². The Morgan fingerprint density at radius 3 is 2.92 bits per heavy atom. The predicted molar refractivity (Wildman–Crippen MR) is 91.6 cm³/mol.